The Balaban J connectivity index is 2.40. The highest BCUT2D eigenvalue weighted by Gasteiger charge is 2.11. The lowest BCUT2D eigenvalue weighted by molar-refractivity contribution is -0.117. The lowest BCUT2D eigenvalue weighted by Gasteiger charge is -2.14. The van der Waals surface area contributed by atoms with Gasteiger partial charge in [-0.3, -0.25) is 4.79 Å². The van der Waals surface area contributed by atoms with E-state index in [1.165, 1.54) is 0 Å². The summed E-state index contributed by atoms with van der Waals surface area (Å²) >= 11 is 0. The Bertz CT molecular complexity index is 647. The fourth-order valence-electron chi connectivity index (χ4n) is 2.11. The summed E-state index contributed by atoms with van der Waals surface area (Å²) in [6.07, 6.45) is 0.187. The van der Waals surface area contributed by atoms with Crippen LogP contribution in [-0.4, -0.2) is 5.91 Å². The summed E-state index contributed by atoms with van der Waals surface area (Å²) in [7, 11) is 0. The molecule has 20 heavy (non-hydrogen) atoms. The molecule has 0 atom stereocenters. The van der Waals surface area contributed by atoms with Gasteiger partial charge in [-0.2, -0.15) is 0 Å². The van der Waals surface area contributed by atoms with Crippen LogP contribution in [0.15, 0.2) is 36.4 Å². The number of amides is 1. The topological polar surface area (TPSA) is 52.3 Å². The van der Waals surface area contributed by atoms with E-state index in [9.17, 15) is 4.79 Å². The van der Waals surface area contributed by atoms with Crippen molar-refractivity contribution in [1.82, 2.24) is 0 Å². The van der Waals surface area contributed by atoms with Crippen molar-refractivity contribution in [2.24, 2.45) is 5.73 Å². The van der Waals surface area contributed by atoms with Crippen molar-refractivity contribution in [3.8, 4) is 11.5 Å². The Morgan fingerprint density at radius 3 is 2.50 bits per heavy atom. The number of carbonyl (C=O) groups is 1. The maximum Gasteiger partial charge on any atom is 0.221 e. The minimum Gasteiger partial charge on any atom is -0.457 e. The third kappa shape index (κ3) is 3.18. The normalized spacial score (nSPS) is 10.3. The molecule has 0 unspecified atom stereocenters. The highest BCUT2D eigenvalue weighted by molar-refractivity contribution is 5.78. The first-order valence-electron chi connectivity index (χ1n) is 6.59. The van der Waals surface area contributed by atoms with E-state index in [0.717, 1.165) is 28.0 Å². The summed E-state index contributed by atoms with van der Waals surface area (Å²) in [4.78, 5) is 11.2. The van der Waals surface area contributed by atoms with Gasteiger partial charge < -0.3 is 10.5 Å². The largest absolute Gasteiger partial charge is 0.457 e. The highest BCUT2D eigenvalue weighted by atomic mass is 16.5. The van der Waals surface area contributed by atoms with E-state index in [-0.39, 0.29) is 12.3 Å². The summed E-state index contributed by atoms with van der Waals surface area (Å²) in [6, 6.07) is 11.8. The molecule has 2 aromatic rings. The van der Waals surface area contributed by atoms with Crippen LogP contribution in [-0.2, 0) is 11.2 Å². The van der Waals surface area contributed by atoms with E-state index in [1.54, 1.807) is 0 Å². The van der Waals surface area contributed by atoms with Gasteiger partial charge in [0.25, 0.3) is 0 Å². The minimum atomic E-state index is -0.356. The predicted molar refractivity (Wildman–Crippen MR) is 80.1 cm³/mol. The molecule has 2 N–H and O–H groups in total. The van der Waals surface area contributed by atoms with Gasteiger partial charge in [0.2, 0.25) is 5.91 Å². The van der Waals surface area contributed by atoms with Crippen molar-refractivity contribution in [2.75, 3.05) is 0 Å². The van der Waals surface area contributed by atoms with Crippen molar-refractivity contribution >= 4 is 5.91 Å². The van der Waals surface area contributed by atoms with Crippen LogP contribution in [0.5, 0.6) is 11.5 Å². The quantitative estimate of drug-likeness (QED) is 0.924. The molecule has 0 aliphatic heterocycles. The summed E-state index contributed by atoms with van der Waals surface area (Å²) in [5.41, 5.74) is 9.36. The Morgan fingerprint density at radius 1 is 1.05 bits per heavy atom. The van der Waals surface area contributed by atoms with Gasteiger partial charge in [-0.05, 0) is 49.6 Å². The molecule has 0 spiro atoms. The number of rotatable bonds is 4. The van der Waals surface area contributed by atoms with Crippen LogP contribution in [0.3, 0.4) is 0 Å². The Labute approximate surface area is 119 Å². The molecule has 0 aromatic heterocycles. The molecular formula is C17H19NO2. The van der Waals surface area contributed by atoms with E-state index in [2.05, 4.69) is 0 Å². The lowest BCUT2D eigenvalue weighted by Crippen LogP contribution is -2.15. The van der Waals surface area contributed by atoms with Gasteiger partial charge in [0, 0.05) is 5.56 Å². The molecular weight excluding hydrogens is 250 g/mol. The van der Waals surface area contributed by atoms with Crippen LogP contribution in [0.4, 0.5) is 0 Å². The van der Waals surface area contributed by atoms with Crippen LogP contribution < -0.4 is 10.5 Å². The maximum absolute atomic E-state index is 11.2. The number of carbonyl (C=O) groups excluding carboxylic acids is 1. The van der Waals surface area contributed by atoms with Gasteiger partial charge in [-0.1, -0.05) is 24.3 Å². The molecule has 104 valence electrons. The Hall–Kier alpha value is -2.29. The highest BCUT2D eigenvalue weighted by Crippen LogP contribution is 2.30. The number of nitrogens with two attached hydrogens (primary N) is 1. The van der Waals surface area contributed by atoms with Crippen LogP contribution in [0, 0.1) is 20.8 Å². The molecule has 0 saturated carbocycles. The molecule has 0 radical (unpaired) electrons. The molecule has 0 bridgehead atoms. The van der Waals surface area contributed by atoms with E-state index in [4.69, 9.17) is 10.5 Å². The smallest absolute Gasteiger partial charge is 0.221 e. The predicted octanol–water partition coefficient (Wildman–Crippen LogP) is 3.43. The third-order valence-electron chi connectivity index (χ3n) is 3.28. The maximum atomic E-state index is 11.2. The van der Waals surface area contributed by atoms with Gasteiger partial charge in [0.15, 0.2) is 0 Å². The number of benzene rings is 2. The molecule has 0 aliphatic carbocycles. The van der Waals surface area contributed by atoms with E-state index >= 15 is 0 Å². The van der Waals surface area contributed by atoms with Crippen LogP contribution >= 0.6 is 0 Å². The van der Waals surface area contributed by atoms with E-state index < -0.39 is 0 Å². The average molecular weight is 269 g/mol. The lowest BCUT2D eigenvalue weighted by atomic mass is 10.0. The zero-order valence-corrected chi connectivity index (χ0v) is 12.1. The number of hydrogen-bond acceptors (Lipinski definition) is 2. The molecule has 0 saturated heterocycles. The van der Waals surface area contributed by atoms with Gasteiger partial charge in [-0.15, -0.1) is 0 Å². The first-order valence-corrected chi connectivity index (χ1v) is 6.59. The monoisotopic (exact) mass is 269 g/mol. The molecule has 2 rings (SSSR count). The van der Waals surface area contributed by atoms with Crippen LogP contribution in [0.2, 0.25) is 0 Å². The van der Waals surface area contributed by atoms with Crippen molar-refractivity contribution in [3.05, 3.63) is 58.7 Å². The first-order chi connectivity index (χ1) is 9.47. The number of hydrogen-bond donors (Lipinski definition) is 1. The van der Waals surface area contributed by atoms with Crippen molar-refractivity contribution in [1.29, 1.82) is 0 Å². The van der Waals surface area contributed by atoms with E-state index in [1.807, 2.05) is 57.2 Å². The number of aryl methyl sites for hydroxylation is 3. The van der Waals surface area contributed by atoms with Gasteiger partial charge >= 0.3 is 0 Å². The van der Waals surface area contributed by atoms with Gasteiger partial charge in [0.05, 0.1) is 6.42 Å². The fraction of sp³-hybridized carbons (Fsp3) is 0.235. The SMILES string of the molecule is Cc1ccc(C)c(Oc2cccc(C)c2CC(N)=O)c1. The summed E-state index contributed by atoms with van der Waals surface area (Å²) < 4.78 is 6.00. The minimum absolute atomic E-state index is 0.187. The number of ether oxygens (including phenoxy) is 1. The molecule has 1 amide bonds. The van der Waals surface area contributed by atoms with Crippen molar-refractivity contribution in [3.63, 3.8) is 0 Å². The standard InChI is InChI=1S/C17H19NO2/c1-11-7-8-13(3)16(9-11)20-15-6-4-5-12(2)14(15)10-17(18)19/h4-9H,10H2,1-3H3,(H2,18,19). The summed E-state index contributed by atoms with van der Waals surface area (Å²) in [6.45, 7) is 5.97. The molecule has 3 heteroatoms. The first kappa shape index (κ1) is 14.1. The second-order valence-electron chi connectivity index (χ2n) is 5.07. The molecule has 0 heterocycles. The molecule has 0 aliphatic rings. The van der Waals surface area contributed by atoms with Gasteiger partial charge in [0.1, 0.15) is 11.5 Å². The second-order valence-corrected chi connectivity index (χ2v) is 5.07. The molecule has 2 aromatic carbocycles. The van der Waals surface area contributed by atoms with Crippen molar-refractivity contribution < 1.29 is 9.53 Å². The molecule has 3 nitrogen and oxygen atoms in total. The Kier molecular flexibility index (Phi) is 4.08. The van der Waals surface area contributed by atoms with Gasteiger partial charge in [-0.25, -0.2) is 0 Å². The molecule has 0 fully saturated rings. The average Bonchev–Trinajstić information content (AvgIpc) is 2.37. The van der Waals surface area contributed by atoms with Crippen LogP contribution in [0.25, 0.3) is 0 Å². The zero-order chi connectivity index (χ0) is 14.7. The fourth-order valence-corrected chi connectivity index (χ4v) is 2.11. The van der Waals surface area contributed by atoms with Crippen LogP contribution in [0.1, 0.15) is 22.3 Å². The Morgan fingerprint density at radius 2 is 1.80 bits per heavy atom. The summed E-state index contributed by atoms with van der Waals surface area (Å²) in [5, 5.41) is 0. The zero-order valence-electron chi connectivity index (χ0n) is 12.1. The third-order valence-corrected chi connectivity index (χ3v) is 3.28. The second kappa shape index (κ2) is 5.78. The van der Waals surface area contributed by atoms with Crippen molar-refractivity contribution in [2.45, 2.75) is 27.2 Å². The summed E-state index contributed by atoms with van der Waals surface area (Å²) in [5.74, 6) is 1.14. The number of primary amides is 1. The van der Waals surface area contributed by atoms with E-state index in [0.29, 0.717) is 5.75 Å².